The highest BCUT2D eigenvalue weighted by Crippen LogP contribution is 2.44. The molecule has 2 aliphatic carbocycles. The molecular formula is C15H26O2Si. The average Bonchev–Trinajstić information content (AvgIpc) is 2.55. The third-order valence-corrected chi connectivity index (χ3v) is 9.53. The number of Topliss-reactive ketones (excluding diaryl/α,β-unsaturated/α-hetero) is 1. The second kappa shape index (κ2) is 4.60. The van der Waals surface area contributed by atoms with Crippen LogP contribution in [0.1, 0.15) is 40.0 Å². The third kappa shape index (κ3) is 2.48. The molecule has 18 heavy (non-hydrogen) atoms. The lowest BCUT2D eigenvalue weighted by molar-refractivity contribution is -0.121. The molecule has 0 aromatic rings. The van der Waals surface area contributed by atoms with Gasteiger partial charge < -0.3 is 4.43 Å². The van der Waals surface area contributed by atoms with E-state index in [1.165, 1.54) is 0 Å². The average molecular weight is 266 g/mol. The molecule has 102 valence electrons. The van der Waals surface area contributed by atoms with Crippen molar-refractivity contribution in [3.63, 3.8) is 0 Å². The third-order valence-electron chi connectivity index (χ3n) is 5.03. The number of fused-ring (bicyclic) bond motifs is 1. The molecular weight excluding hydrogens is 240 g/mol. The lowest BCUT2D eigenvalue weighted by Crippen LogP contribution is -2.45. The number of ketones is 1. The maximum absolute atomic E-state index is 12.1. The van der Waals surface area contributed by atoms with Gasteiger partial charge in [-0.3, -0.25) is 4.79 Å². The van der Waals surface area contributed by atoms with E-state index in [1.54, 1.807) is 0 Å². The Labute approximate surface area is 112 Å². The minimum Gasteiger partial charge on any atom is -0.413 e. The van der Waals surface area contributed by atoms with Crippen molar-refractivity contribution >= 4 is 14.1 Å². The van der Waals surface area contributed by atoms with Gasteiger partial charge in [-0.25, -0.2) is 0 Å². The molecule has 0 spiro atoms. The van der Waals surface area contributed by atoms with Crippen LogP contribution < -0.4 is 0 Å². The highest BCUT2D eigenvalue weighted by molar-refractivity contribution is 6.74. The van der Waals surface area contributed by atoms with Gasteiger partial charge in [0.15, 0.2) is 8.32 Å². The summed E-state index contributed by atoms with van der Waals surface area (Å²) >= 11 is 0. The van der Waals surface area contributed by atoms with Crippen molar-refractivity contribution < 1.29 is 9.22 Å². The predicted molar refractivity (Wildman–Crippen MR) is 77.0 cm³/mol. The summed E-state index contributed by atoms with van der Waals surface area (Å²) in [6.07, 6.45) is 7.16. The van der Waals surface area contributed by atoms with Crippen LogP contribution >= 0.6 is 0 Å². The number of hydrogen-bond acceptors (Lipinski definition) is 2. The smallest absolute Gasteiger partial charge is 0.192 e. The van der Waals surface area contributed by atoms with Crippen molar-refractivity contribution in [3.05, 3.63) is 12.2 Å². The Bertz CT molecular complexity index is 365. The molecule has 0 aromatic heterocycles. The van der Waals surface area contributed by atoms with Gasteiger partial charge in [0.1, 0.15) is 5.78 Å². The molecule has 3 heteroatoms. The zero-order chi connectivity index (χ0) is 13.6. The van der Waals surface area contributed by atoms with Crippen molar-refractivity contribution in [1.82, 2.24) is 0 Å². The predicted octanol–water partition coefficient (Wildman–Crippen LogP) is 3.93. The van der Waals surface area contributed by atoms with Gasteiger partial charge in [-0.2, -0.15) is 0 Å². The molecule has 0 amide bonds. The highest BCUT2D eigenvalue weighted by Gasteiger charge is 2.47. The van der Waals surface area contributed by atoms with Crippen LogP contribution in [0.5, 0.6) is 0 Å². The van der Waals surface area contributed by atoms with Crippen LogP contribution in [0.15, 0.2) is 12.2 Å². The summed E-state index contributed by atoms with van der Waals surface area (Å²) in [5, 5.41) is 0.221. The number of allylic oxidation sites excluding steroid dienone is 2. The van der Waals surface area contributed by atoms with Gasteiger partial charge >= 0.3 is 0 Å². The molecule has 1 fully saturated rings. The number of rotatable bonds is 2. The van der Waals surface area contributed by atoms with Gasteiger partial charge in [0, 0.05) is 12.3 Å². The van der Waals surface area contributed by atoms with E-state index in [0.29, 0.717) is 18.1 Å². The standard InChI is InChI=1S/C15H26O2Si/c1-15(2,3)18(4,5)17-14-10-13(16)11-8-6-7-9-12(11)14/h6-7,11-12,14H,8-10H2,1-5H3/t11-,12+,14-/m1/s1. The lowest BCUT2D eigenvalue weighted by atomic mass is 9.85. The maximum atomic E-state index is 12.1. The monoisotopic (exact) mass is 266 g/mol. The maximum Gasteiger partial charge on any atom is 0.192 e. The first-order valence-corrected chi connectivity index (χ1v) is 9.99. The van der Waals surface area contributed by atoms with E-state index in [9.17, 15) is 4.79 Å². The van der Waals surface area contributed by atoms with Crippen molar-refractivity contribution in [1.29, 1.82) is 0 Å². The van der Waals surface area contributed by atoms with E-state index >= 15 is 0 Å². The fraction of sp³-hybridized carbons (Fsp3) is 0.800. The first-order chi connectivity index (χ1) is 8.22. The largest absolute Gasteiger partial charge is 0.413 e. The molecule has 0 radical (unpaired) electrons. The molecule has 0 heterocycles. The normalized spacial score (nSPS) is 32.7. The first kappa shape index (κ1) is 14.0. The Balaban J connectivity index is 2.11. The second-order valence-electron chi connectivity index (χ2n) is 7.30. The molecule has 2 rings (SSSR count). The fourth-order valence-electron chi connectivity index (χ4n) is 2.80. The van der Waals surface area contributed by atoms with E-state index in [-0.39, 0.29) is 17.1 Å². The summed E-state index contributed by atoms with van der Waals surface area (Å²) in [6, 6.07) is 0. The summed E-state index contributed by atoms with van der Waals surface area (Å²) in [4.78, 5) is 12.1. The summed E-state index contributed by atoms with van der Waals surface area (Å²) in [5.41, 5.74) is 0. The van der Waals surface area contributed by atoms with Crippen molar-refractivity contribution in [2.45, 2.75) is 64.3 Å². The van der Waals surface area contributed by atoms with E-state index < -0.39 is 8.32 Å². The minimum atomic E-state index is -1.75. The van der Waals surface area contributed by atoms with Crippen LogP contribution in [0.4, 0.5) is 0 Å². The molecule has 1 saturated carbocycles. The van der Waals surface area contributed by atoms with Gasteiger partial charge in [-0.1, -0.05) is 32.9 Å². The Morgan fingerprint density at radius 1 is 1.22 bits per heavy atom. The zero-order valence-corrected chi connectivity index (χ0v) is 13.3. The van der Waals surface area contributed by atoms with Crippen LogP contribution in [-0.4, -0.2) is 20.2 Å². The van der Waals surface area contributed by atoms with Crippen LogP contribution in [0.3, 0.4) is 0 Å². The van der Waals surface area contributed by atoms with Crippen LogP contribution in [0.25, 0.3) is 0 Å². The molecule has 3 atom stereocenters. The summed E-state index contributed by atoms with van der Waals surface area (Å²) in [7, 11) is -1.75. The van der Waals surface area contributed by atoms with Crippen LogP contribution in [-0.2, 0) is 9.22 Å². The van der Waals surface area contributed by atoms with Crippen molar-refractivity contribution in [3.8, 4) is 0 Å². The topological polar surface area (TPSA) is 26.3 Å². The summed E-state index contributed by atoms with van der Waals surface area (Å²) < 4.78 is 6.49. The number of carbonyl (C=O) groups is 1. The van der Waals surface area contributed by atoms with Crippen molar-refractivity contribution in [2.24, 2.45) is 11.8 Å². The highest BCUT2D eigenvalue weighted by atomic mass is 28.4. The Kier molecular flexibility index (Phi) is 3.58. The molecule has 0 N–H and O–H groups in total. The zero-order valence-electron chi connectivity index (χ0n) is 12.3. The van der Waals surface area contributed by atoms with E-state index in [1.807, 2.05) is 0 Å². The minimum absolute atomic E-state index is 0.174. The lowest BCUT2D eigenvalue weighted by Gasteiger charge is -2.40. The van der Waals surface area contributed by atoms with Crippen LogP contribution in [0.2, 0.25) is 18.1 Å². The summed E-state index contributed by atoms with van der Waals surface area (Å²) in [5.74, 6) is 1.11. The van der Waals surface area contributed by atoms with Gasteiger partial charge in [0.05, 0.1) is 6.10 Å². The molecule has 0 aliphatic heterocycles. The van der Waals surface area contributed by atoms with Gasteiger partial charge in [0.25, 0.3) is 0 Å². The van der Waals surface area contributed by atoms with Crippen LogP contribution in [0, 0.1) is 11.8 Å². The van der Waals surface area contributed by atoms with Crippen molar-refractivity contribution in [2.75, 3.05) is 0 Å². The molecule has 0 aromatic carbocycles. The second-order valence-corrected chi connectivity index (χ2v) is 12.1. The molecule has 2 nitrogen and oxygen atoms in total. The summed E-state index contributed by atoms with van der Waals surface area (Å²) in [6.45, 7) is 11.3. The Morgan fingerprint density at radius 2 is 1.83 bits per heavy atom. The molecule has 0 bridgehead atoms. The van der Waals surface area contributed by atoms with E-state index in [0.717, 1.165) is 12.8 Å². The molecule has 0 unspecified atom stereocenters. The van der Waals surface area contributed by atoms with Gasteiger partial charge in [0.2, 0.25) is 0 Å². The Morgan fingerprint density at radius 3 is 2.44 bits per heavy atom. The SMILES string of the molecule is CC(C)(C)[Si](C)(C)O[C@@H]1CC(=O)[C@@H]2CC=CC[C@H]12. The molecule has 0 saturated heterocycles. The number of carbonyl (C=O) groups excluding carboxylic acids is 1. The fourth-order valence-corrected chi connectivity index (χ4v) is 4.17. The number of hydrogen-bond donors (Lipinski definition) is 0. The molecule has 2 aliphatic rings. The Hall–Kier alpha value is -0.413. The van der Waals surface area contributed by atoms with Gasteiger partial charge in [-0.15, -0.1) is 0 Å². The van der Waals surface area contributed by atoms with E-state index in [2.05, 4.69) is 46.0 Å². The quantitative estimate of drug-likeness (QED) is 0.559. The van der Waals surface area contributed by atoms with E-state index in [4.69, 9.17) is 4.43 Å². The van der Waals surface area contributed by atoms with Gasteiger partial charge in [-0.05, 0) is 36.9 Å². The first-order valence-electron chi connectivity index (χ1n) is 7.08.